The van der Waals surface area contributed by atoms with Crippen molar-refractivity contribution in [2.45, 2.75) is 33.7 Å². The molecule has 0 amide bonds. The Labute approximate surface area is 219 Å². The number of aromatic nitrogens is 2. The minimum atomic E-state index is -0.312. The maximum absolute atomic E-state index is 14.8. The first kappa shape index (κ1) is 26.5. The zero-order chi connectivity index (χ0) is 26.4. The number of H-pyrrole nitrogens is 1. The summed E-state index contributed by atoms with van der Waals surface area (Å²) in [5.74, 6) is 0.926. The van der Waals surface area contributed by atoms with Gasteiger partial charge in [0.05, 0.1) is 18.4 Å². The van der Waals surface area contributed by atoms with Gasteiger partial charge in [-0.05, 0) is 74.9 Å². The average Bonchev–Trinajstić information content (AvgIpc) is 3.28. The Balaban J connectivity index is 1.57. The minimum Gasteiger partial charge on any atom is -0.496 e. The van der Waals surface area contributed by atoms with Crippen LogP contribution in [0.2, 0.25) is 0 Å². The van der Waals surface area contributed by atoms with Crippen LogP contribution >= 0.6 is 0 Å². The number of ether oxygens (including phenoxy) is 1. The second kappa shape index (κ2) is 12.1. The molecule has 4 rings (SSSR count). The molecule has 1 aliphatic rings. The summed E-state index contributed by atoms with van der Waals surface area (Å²) in [4.78, 5) is 4.79. The lowest BCUT2D eigenvalue weighted by atomic mass is 10.0. The lowest BCUT2D eigenvalue weighted by molar-refractivity contribution is 0.313. The van der Waals surface area contributed by atoms with E-state index in [1.54, 1.807) is 19.2 Å². The van der Waals surface area contributed by atoms with Gasteiger partial charge in [-0.1, -0.05) is 30.7 Å². The predicted octanol–water partition coefficient (Wildman–Crippen LogP) is 6.30. The van der Waals surface area contributed by atoms with Crippen LogP contribution in [0.25, 0.3) is 17.7 Å². The van der Waals surface area contributed by atoms with Crippen molar-refractivity contribution >= 4 is 29.2 Å². The van der Waals surface area contributed by atoms with Crippen LogP contribution in [0.5, 0.6) is 5.75 Å². The SMILES string of the molecule is CC/C(C)=C/c1[nH]nc(NCc2ccc(N3CCN(C)CC3)cc2)c1/C=C(\C)c1c(F)cccc1OC. The Morgan fingerprint density at radius 3 is 2.49 bits per heavy atom. The molecule has 0 aliphatic carbocycles. The summed E-state index contributed by atoms with van der Waals surface area (Å²) >= 11 is 0. The highest BCUT2D eigenvalue weighted by Gasteiger charge is 2.16. The van der Waals surface area contributed by atoms with E-state index >= 15 is 0 Å². The molecule has 0 unspecified atom stereocenters. The van der Waals surface area contributed by atoms with Gasteiger partial charge in [0.1, 0.15) is 11.6 Å². The van der Waals surface area contributed by atoms with Crippen molar-refractivity contribution < 1.29 is 9.13 Å². The summed E-state index contributed by atoms with van der Waals surface area (Å²) in [6.45, 7) is 11.0. The van der Waals surface area contributed by atoms with Crippen LogP contribution in [0.15, 0.2) is 48.0 Å². The largest absolute Gasteiger partial charge is 0.496 e. The van der Waals surface area contributed by atoms with Crippen molar-refractivity contribution in [1.82, 2.24) is 15.1 Å². The molecule has 1 fully saturated rings. The smallest absolute Gasteiger partial charge is 0.156 e. The molecule has 3 aromatic rings. The predicted molar refractivity (Wildman–Crippen MR) is 153 cm³/mol. The monoisotopic (exact) mass is 503 g/mol. The molecule has 37 heavy (non-hydrogen) atoms. The van der Waals surface area contributed by atoms with Crippen LogP contribution in [0, 0.1) is 5.82 Å². The third kappa shape index (κ3) is 6.41. The summed E-state index contributed by atoms with van der Waals surface area (Å²) in [5, 5.41) is 11.2. The molecule has 2 aromatic carbocycles. The van der Waals surface area contributed by atoms with E-state index in [9.17, 15) is 4.39 Å². The van der Waals surface area contributed by atoms with E-state index in [1.807, 2.05) is 13.0 Å². The summed E-state index contributed by atoms with van der Waals surface area (Å²) in [6, 6.07) is 13.6. The van der Waals surface area contributed by atoms with Crippen molar-refractivity contribution in [3.05, 3.63) is 76.2 Å². The second-order valence-electron chi connectivity index (χ2n) is 9.70. The zero-order valence-electron chi connectivity index (χ0n) is 22.6. The normalized spacial score (nSPS) is 15.2. The summed E-state index contributed by atoms with van der Waals surface area (Å²) in [7, 11) is 3.73. The maximum atomic E-state index is 14.8. The minimum absolute atomic E-state index is 0.312. The summed E-state index contributed by atoms with van der Waals surface area (Å²) in [6.07, 6.45) is 5.00. The van der Waals surface area contributed by atoms with Gasteiger partial charge in [0.15, 0.2) is 5.82 Å². The number of allylic oxidation sites excluding steroid dienone is 2. The molecular weight excluding hydrogens is 465 g/mol. The number of likely N-dealkylation sites (N-methyl/N-ethyl adjacent to an activating group) is 1. The zero-order valence-corrected chi connectivity index (χ0v) is 22.6. The Morgan fingerprint density at radius 1 is 1.08 bits per heavy atom. The first-order valence-electron chi connectivity index (χ1n) is 12.9. The van der Waals surface area contributed by atoms with Crippen molar-refractivity contribution in [1.29, 1.82) is 0 Å². The Morgan fingerprint density at radius 2 is 1.81 bits per heavy atom. The standard InChI is InChI=1S/C30H38FN5O/c1-6-21(2)18-27-25(19-22(3)29-26(31)8-7-9-28(29)37-5)30(34-33-27)32-20-23-10-12-24(13-11-23)36-16-14-35(4)15-17-36/h7-13,18-19H,6,14-17,20H2,1-5H3,(H2,32,33,34)/b21-18+,22-19+. The number of nitrogens with zero attached hydrogens (tertiary/aromatic N) is 3. The van der Waals surface area contributed by atoms with Crippen LogP contribution < -0.4 is 15.0 Å². The highest BCUT2D eigenvalue weighted by Crippen LogP contribution is 2.32. The lowest BCUT2D eigenvalue weighted by Crippen LogP contribution is -2.44. The number of halogens is 1. The van der Waals surface area contributed by atoms with Crippen LogP contribution in [0.4, 0.5) is 15.9 Å². The molecule has 0 bridgehead atoms. The van der Waals surface area contributed by atoms with Crippen LogP contribution in [0.3, 0.4) is 0 Å². The number of aromatic amines is 1. The number of methoxy groups -OCH3 is 1. The molecule has 2 heterocycles. The Kier molecular flexibility index (Phi) is 8.66. The van der Waals surface area contributed by atoms with E-state index in [-0.39, 0.29) is 5.82 Å². The number of piperazine rings is 1. The fraction of sp³-hybridized carbons (Fsp3) is 0.367. The van der Waals surface area contributed by atoms with Crippen LogP contribution in [-0.4, -0.2) is 55.4 Å². The van der Waals surface area contributed by atoms with Crippen LogP contribution in [-0.2, 0) is 6.54 Å². The van der Waals surface area contributed by atoms with E-state index < -0.39 is 0 Å². The first-order chi connectivity index (χ1) is 17.9. The number of anilines is 2. The lowest BCUT2D eigenvalue weighted by Gasteiger charge is -2.34. The molecule has 0 saturated carbocycles. The number of nitrogens with one attached hydrogen (secondary N) is 2. The van der Waals surface area contributed by atoms with Crippen LogP contribution in [0.1, 0.15) is 49.6 Å². The van der Waals surface area contributed by atoms with Gasteiger partial charge in [0.25, 0.3) is 0 Å². The number of benzene rings is 2. The molecule has 2 N–H and O–H groups in total. The summed E-state index contributed by atoms with van der Waals surface area (Å²) < 4.78 is 20.2. The van der Waals surface area contributed by atoms with Gasteiger partial charge in [-0.3, -0.25) is 5.10 Å². The highest BCUT2D eigenvalue weighted by molar-refractivity contribution is 5.88. The maximum Gasteiger partial charge on any atom is 0.156 e. The van der Waals surface area contributed by atoms with Crippen molar-refractivity contribution in [2.24, 2.45) is 0 Å². The topological polar surface area (TPSA) is 56.4 Å². The molecule has 0 atom stereocenters. The third-order valence-corrected chi connectivity index (χ3v) is 7.00. The molecule has 0 radical (unpaired) electrons. The summed E-state index contributed by atoms with van der Waals surface area (Å²) in [5.41, 5.74) is 6.66. The average molecular weight is 504 g/mol. The van der Waals surface area contributed by atoms with E-state index in [4.69, 9.17) is 4.74 Å². The van der Waals surface area contributed by atoms with Gasteiger partial charge in [0.2, 0.25) is 0 Å². The molecule has 1 aromatic heterocycles. The van der Waals surface area contributed by atoms with Gasteiger partial charge in [-0.25, -0.2) is 4.39 Å². The van der Waals surface area contributed by atoms with E-state index in [0.29, 0.717) is 17.9 Å². The van der Waals surface area contributed by atoms with Crippen molar-refractivity contribution in [3.63, 3.8) is 0 Å². The van der Waals surface area contributed by atoms with E-state index in [1.165, 1.54) is 22.9 Å². The van der Waals surface area contributed by atoms with E-state index in [2.05, 4.69) is 76.6 Å². The quantitative estimate of drug-likeness (QED) is 0.359. The highest BCUT2D eigenvalue weighted by atomic mass is 19.1. The molecule has 7 heteroatoms. The molecule has 1 saturated heterocycles. The fourth-order valence-corrected chi connectivity index (χ4v) is 4.52. The third-order valence-electron chi connectivity index (χ3n) is 7.00. The van der Waals surface area contributed by atoms with Gasteiger partial charge in [-0.2, -0.15) is 5.10 Å². The number of hydrogen-bond acceptors (Lipinski definition) is 5. The molecule has 0 spiro atoms. The Bertz CT molecular complexity index is 1250. The number of hydrogen-bond donors (Lipinski definition) is 2. The van der Waals surface area contributed by atoms with E-state index in [0.717, 1.165) is 55.2 Å². The molecular formula is C30H38FN5O. The molecule has 6 nitrogen and oxygen atoms in total. The van der Waals surface area contributed by atoms with Gasteiger partial charge in [-0.15, -0.1) is 0 Å². The van der Waals surface area contributed by atoms with Crippen molar-refractivity contribution in [3.8, 4) is 5.75 Å². The van der Waals surface area contributed by atoms with Gasteiger partial charge < -0.3 is 19.9 Å². The number of rotatable bonds is 9. The fourth-order valence-electron chi connectivity index (χ4n) is 4.52. The Hall–Kier alpha value is -3.58. The first-order valence-corrected chi connectivity index (χ1v) is 12.9. The second-order valence-corrected chi connectivity index (χ2v) is 9.70. The van der Waals surface area contributed by atoms with Crippen molar-refractivity contribution in [2.75, 3.05) is 50.6 Å². The molecule has 1 aliphatic heterocycles. The molecule has 196 valence electrons. The van der Waals surface area contributed by atoms with Gasteiger partial charge >= 0.3 is 0 Å². The van der Waals surface area contributed by atoms with Gasteiger partial charge in [0, 0.05) is 44.0 Å².